The maximum Gasteiger partial charge on any atom is 0.268 e. The minimum atomic E-state index is -0.415. The van der Waals surface area contributed by atoms with Crippen LogP contribution in [-0.4, -0.2) is 26.3 Å². The van der Waals surface area contributed by atoms with Crippen LogP contribution in [0.2, 0.25) is 0 Å². The van der Waals surface area contributed by atoms with E-state index in [1.165, 1.54) is 17.3 Å². The Morgan fingerprint density at radius 2 is 0.983 bits per heavy atom. The highest BCUT2D eigenvalue weighted by atomic mass is 16.2. The molecule has 0 saturated carbocycles. The topological polar surface area (TPSA) is 116 Å². The second-order valence-electron chi connectivity index (χ2n) is 14.1. The van der Waals surface area contributed by atoms with E-state index in [1.54, 1.807) is 30.6 Å². The van der Waals surface area contributed by atoms with Crippen molar-refractivity contribution in [2.45, 2.75) is 0 Å². The average molecular weight is 745 g/mol. The van der Waals surface area contributed by atoms with Gasteiger partial charge in [0.25, 0.3) is 11.8 Å². The van der Waals surface area contributed by atoms with Crippen molar-refractivity contribution in [2.75, 3.05) is 4.90 Å². The molecule has 0 fully saturated rings. The number of imide groups is 1. The number of anilines is 1. The Morgan fingerprint density at radius 1 is 0.431 bits per heavy atom. The summed E-state index contributed by atoms with van der Waals surface area (Å²) < 4.78 is 2.04. The van der Waals surface area contributed by atoms with Crippen LogP contribution in [0.15, 0.2) is 170 Å². The smallest absolute Gasteiger partial charge is 0.268 e. The number of amides is 2. The molecule has 3 aromatic heterocycles. The SMILES string of the molecule is N#Cc1cncc(-c2ccc3c(c2)c2cc(-c4cncc(C#N)c4)ccc2n3-c2cccc3c2C(=O)N(c2ccc(-c4ccccc4)cc2-c2ccccc2)C3=O)c1. The number of hydrogen-bond donors (Lipinski definition) is 0. The van der Waals surface area contributed by atoms with Crippen LogP contribution in [0.5, 0.6) is 0 Å². The number of nitrogens with zero attached hydrogens (tertiary/aromatic N) is 6. The molecular formula is C50H28N6O2. The van der Waals surface area contributed by atoms with E-state index in [0.717, 1.165) is 66.3 Å². The van der Waals surface area contributed by atoms with Crippen molar-refractivity contribution >= 4 is 39.3 Å². The zero-order chi connectivity index (χ0) is 39.3. The molecule has 1 aliphatic rings. The summed E-state index contributed by atoms with van der Waals surface area (Å²) in [6.07, 6.45) is 6.51. The van der Waals surface area contributed by atoms with Gasteiger partial charge in [0.15, 0.2) is 0 Å². The zero-order valence-corrected chi connectivity index (χ0v) is 30.7. The number of aromatic nitrogens is 3. The maximum absolute atomic E-state index is 15.0. The third kappa shape index (κ3) is 5.52. The van der Waals surface area contributed by atoms with E-state index in [-0.39, 0.29) is 0 Å². The number of fused-ring (bicyclic) bond motifs is 4. The van der Waals surface area contributed by atoms with Crippen LogP contribution >= 0.6 is 0 Å². The van der Waals surface area contributed by atoms with Gasteiger partial charge in [0, 0.05) is 52.3 Å². The summed E-state index contributed by atoms with van der Waals surface area (Å²) in [6.45, 7) is 0. The Kier molecular flexibility index (Phi) is 8.04. The summed E-state index contributed by atoms with van der Waals surface area (Å²) in [7, 11) is 0. The molecule has 4 heterocycles. The number of benzene rings is 6. The lowest BCUT2D eigenvalue weighted by Crippen LogP contribution is -2.30. The van der Waals surface area contributed by atoms with Crippen molar-refractivity contribution in [3.63, 3.8) is 0 Å². The monoisotopic (exact) mass is 744 g/mol. The summed E-state index contributed by atoms with van der Waals surface area (Å²) in [5.74, 6) is -0.811. The Labute approximate surface area is 332 Å². The largest absolute Gasteiger partial charge is 0.308 e. The van der Waals surface area contributed by atoms with Gasteiger partial charge in [-0.1, -0.05) is 84.9 Å². The third-order valence-corrected chi connectivity index (χ3v) is 10.7. The van der Waals surface area contributed by atoms with Crippen LogP contribution in [0.4, 0.5) is 5.69 Å². The fraction of sp³-hybridized carbons (Fsp3) is 0. The number of carbonyl (C=O) groups is 2. The molecule has 0 saturated heterocycles. The van der Waals surface area contributed by atoms with E-state index in [0.29, 0.717) is 33.6 Å². The first-order chi connectivity index (χ1) is 28.5. The molecule has 1 aliphatic heterocycles. The molecule has 0 radical (unpaired) electrons. The zero-order valence-electron chi connectivity index (χ0n) is 30.7. The van der Waals surface area contributed by atoms with E-state index in [1.807, 2.05) is 120 Å². The van der Waals surface area contributed by atoms with Crippen molar-refractivity contribution in [2.24, 2.45) is 0 Å². The molecule has 0 N–H and O–H groups in total. The second-order valence-corrected chi connectivity index (χ2v) is 14.1. The Balaban J connectivity index is 1.17. The number of pyridine rings is 2. The molecule has 270 valence electrons. The normalized spacial score (nSPS) is 12.1. The fourth-order valence-corrected chi connectivity index (χ4v) is 8.02. The molecule has 0 atom stereocenters. The highest BCUT2D eigenvalue weighted by Gasteiger charge is 2.40. The van der Waals surface area contributed by atoms with E-state index >= 15 is 0 Å². The first-order valence-electron chi connectivity index (χ1n) is 18.6. The van der Waals surface area contributed by atoms with Crippen LogP contribution in [0, 0.1) is 22.7 Å². The predicted molar refractivity (Wildman–Crippen MR) is 225 cm³/mol. The molecule has 8 nitrogen and oxygen atoms in total. The Bertz CT molecular complexity index is 3130. The second kappa shape index (κ2) is 13.7. The molecule has 10 rings (SSSR count). The molecule has 0 aliphatic carbocycles. The Hall–Kier alpha value is -8.46. The van der Waals surface area contributed by atoms with E-state index < -0.39 is 11.8 Å². The molecular weight excluding hydrogens is 717 g/mol. The maximum atomic E-state index is 15.0. The molecule has 0 bridgehead atoms. The minimum absolute atomic E-state index is 0.308. The van der Waals surface area contributed by atoms with E-state index in [4.69, 9.17) is 0 Å². The predicted octanol–water partition coefficient (Wildman–Crippen LogP) is 10.8. The van der Waals surface area contributed by atoms with Gasteiger partial charge in [-0.05, 0) is 88.5 Å². The first kappa shape index (κ1) is 34.1. The van der Waals surface area contributed by atoms with Gasteiger partial charge < -0.3 is 4.57 Å². The van der Waals surface area contributed by atoms with E-state index in [9.17, 15) is 20.1 Å². The summed E-state index contributed by atoms with van der Waals surface area (Å²) >= 11 is 0. The number of rotatable bonds is 6. The molecule has 9 aromatic rings. The summed E-state index contributed by atoms with van der Waals surface area (Å²) in [5, 5.41) is 21.0. The molecule has 2 amide bonds. The van der Waals surface area contributed by atoms with Crippen molar-refractivity contribution in [1.82, 2.24) is 14.5 Å². The van der Waals surface area contributed by atoms with Crippen LogP contribution < -0.4 is 4.90 Å². The number of carbonyl (C=O) groups excluding carboxylic acids is 2. The van der Waals surface area contributed by atoms with Gasteiger partial charge in [0.2, 0.25) is 0 Å². The van der Waals surface area contributed by atoms with Crippen LogP contribution in [-0.2, 0) is 0 Å². The Morgan fingerprint density at radius 3 is 1.57 bits per heavy atom. The van der Waals surface area contributed by atoms with E-state index in [2.05, 4.69) is 34.2 Å². The number of nitriles is 2. The molecule has 6 aromatic carbocycles. The van der Waals surface area contributed by atoms with Gasteiger partial charge in [-0.15, -0.1) is 0 Å². The summed E-state index contributed by atoms with van der Waals surface area (Å²) in [6, 6.07) is 51.1. The molecule has 0 spiro atoms. The van der Waals surface area contributed by atoms with Gasteiger partial charge >= 0.3 is 0 Å². The lowest BCUT2D eigenvalue weighted by molar-refractivity contribution is 0.0926. The van der Waals surface area contributed by atoms with Crippen LogP contribution in [0.25, 0.3) is 72.0 Å². The quantitative estimate of drug-likeness (QED) is 0.157. The van der Waals surface area contributed by atoms with Crippen molar-refractivity contribution in [3.05, 3.63) is 193 Å². The molecule has 0 unspecified atom stereocenters. The molecule has 58 heavy (non-hydrogen) atoms. The average Bonchev–Trinajstić information content (AvgIpc) is 3.75. The van der Waals surface area contributed by atoms with Crippen LogP contribution in [0.1, 0.15) is 31.8 Å². The van der Waals surface area contributed by atoms with Gasteiger partial charge in [-0.2, -0.15) is 10.5 Å². The lowest BCUT2D eigenvalue weighted by Gasteiger charge is -2.20. The van der Waals surface area contributed by atoms with Crippen molar-refractivity contribution < 1.29 is 9.59 Å². The fourth-order valence-electron chi connectivity index (χ4n) is 8.02. The third-order valence-electron chi connectivity index (χ3n) is 10.7. The first-order valence-corrected chi connectivity index (χ1v) is 18.6. The van der Waals surface area contributed by atoms with Gasteiger partial charge in [0.05, 0.1) is 44.7 Å². The summed E-state index contributed by atoms with van der Waals surface area (Å²) in [5.41, 5.74) is 11.1. The van der Waals surface area contributed by atoms with Crippen molar-refractivity contribution in [3.8, 4) is 62.3 Å². The molecule has 8 heteroatoms. The number of hydrogen-bond acceptors (Lipinski definition) is 6. The van der Waals surface area contributed by atoms with Gasteiger partial charge in [-0.25, -0.2) is 4.90 Å². The van der Waals surface area contributed by atoms with Crippen molar-refractivity contribution in [1.29, 1.82) is 10.5 Å². The van der Waals surface area contributed by atoms with Crippen LogP contribution in [0.3, 0.4) is 0 Å². The van der Waals surface area contributed by atoms with Gasteiger partial charge in [-0.3, -0.25) is 19.6 Å². The minimum Gasteiger partial charge on any atom is -0.308 e. The summed E-state index contributed by atoms with van der Waals surface area (Å²) in [4.78, 5) is 39.4. The lowest BCUT2D eigenvalue weighted by atomic mass is 9.97. The van der Waals surface area contributed by atoms with Gasteiger partial charge in [0.1, 0.15) is 12.1 Å². The standard InChI is InChI=1S/C50H28N6O2/c51-25-31-20-38(29-53-27-31)36-15-18-45-42(23-36)43-24-37(39-21-32(26-52)28-54-30-39)16-19-46(43)55(45)47-13-7-12-40-48(47)50(58)56(49(40)57)44-17-14-35(33-8-3-1-4-9-33)22-41(44)34-10-5-2-6-11-34/h1-24,27-30H. The highest BCUT2D eigenvalue weighted by molar-refractivity contribution is 6.36. The highest BCUT2D eigenvalue weighted by Crippen LogP contribution is 2.43.